The summed E-state index contributed by atoms with van der Waals surface area (Å²) in [5.41, 5.74) is 0. The van der Waals surface area contributed by atoms with Crippen molar-refractivity contribution in [3.05, 3.63) is 23.2 Å². The largest absolute Gasteiger partial charge is 0.396 e. The maximum atomic E-state index is 9.41. The highest BCUT2D eigenvalue weighted by Crippen LogP contribution is 2.15. The minimum absolute atomic E-state index is 0.00117. The Morgan fingerprint density at radius 2 is 2.53 bits per heavy atom. The number of aliphatic hydroxyl groups excluding tert-OH is 1. The number of hydrogen-bond acceptors (Lipinski definition) is 5. The van der Waals surface area contributed by atoms with Gasteiger partial charge in [-0.3, -0.25) is 0 Å². The first-order chi connectivity index (χ1) is 8.29. The molecule has 0 bridgehead atoms. The summed E-state index contributed by atoms with van der Waals surface area (Å²) in [7, 11) is 0. The molecule has 1 aromatic heterocycles. The van der Waals surface area contributed by atoms with E-state index in [1.54, 1.807) is 12.3 Å². The Morgan fingerprint density at radius 1 is 1.65 bits per heavy atom. The molecule has 0 aliphatic carbocycles. The predicted molar refractivity (Wildman–Crippen MR) is 63.9 cm³/mol. The minimum Gasteiger partial charge on any atom is -0.396 e. The number of ether oxygens (including phenoxy) is 1. The van der Waals surface area contributed by atoms with Gasteiger partial charge in [0.1, 0.15) is 11.0 Å². The standard InChI is InChI=1S/C11H16ClN3O2/c12-10-1-2-14-11(15-10)5-8(7-16)9-6-13-3-4-17-9/h1-2,8-9,13,16H,3-7H2. The van der Waals surface area contributed by atoms with Gasteiger partial charge >= 0.3 is 0 Å². The highest BCUT2D eigenvalue weighted by atomic mass is 35.5. The molecule has 2 N–H and O–H groups in total. The Bertz CT molecular complexity index is 358. The first kappa shape index (κ1) is 12.7. The molecule has 2 unspecified atom stereocenters. The molecule has 2 atom stereocenters. The van der Waals surface area contributed by atoms with Gasteiger partial charge in [0.2, 0.25) is 0 Å². The smallest absolute Gasteiger partial charge is 0.132 e. The lowest BCUT2D eigenvalue weighted by Crippen LogP contribution is -2.44. The predicted octanol–water partition coefficient (Wildman–Crippen LogP) is 0.269. The molecule has 1 fully saturated rings. The first-order valence-electron chi connectivity index (χ1n) is 5.70. The van der Waals surface area contributed by atoms with E-state index in [-0.39, 0.29) is 18.6 Å². The second kappa shape index (κ2) is 6.26. The Kier molecular flexibility index (Phi) is 4.67. The van der Waals surface area contributed by atoms with Crippen molar-refractivity contribution in [2.45, 2.75) is 12.5 Å². The van der Waals surface area contributed by atoms with Crippen molar-refractivity contribution in [1.82, 2.24) is 15.3 Å². The molecule has 1 aliphatic rings. The topological polar surface area (TPSA) is 67.3 Å². The van der Waals surface area contributed by atoms with E-state index in [1.165, 1.54) is 0 Å². The van der Waals surface area contributed by atoms with Gasteiger partial charge in [0.25, 0.3) is 0 Å². The SMILES string of the molecule is OCC(Cc1nccc(Cl)n1)C1CNCCO1. The third kappa shape index (κ3) is 3.61. The molecule has 17 heavy (non-hydrogen) atoms. The molecule has 1 saturated heterocycles. The van der Waals surface area contributed by atoms with Crippen molar-refractivity contribution in [2.24, 2.45) is 5.92 Å². The Balaban J connectivity index is 1.98. The van der Waals surface area contributed by atoms with Crippen LogP contribution >= 0.6 is 11.6 Å². The van der Waals surface area contributed by atoms with E-state index >= 15 is 0 Å². The fraction of sp³-hybridized carbons (Fsp3) is 0.636. The third-order valence-corrected chi connectivity index (χ3v) is 3.04. The van der Waals surface area contributed by atoms with E-state index in [0.29, 0.717) is 24.0 Å². The number of halogens is 1. The van der Waals surface area contributed by atoms with Crippen LogP contribution in [0.4, 0.5) is 0 Å². The number of rotatable bonds is 4. The molecule has 5 nitrogen and oxygen atoms in total. The number of aliphatic hydroxyl groups is 1. The Morgan fingerprint density at radius 3 is 3.18 bits per heavy atom. The minimum atomic E-state index is 0.00117. The highest BCUT2D eigenvalue weighted by molar-refractivity contribution is 6.29. The Hall–Kier alpha value is -0.750. The van der Waals surface area contributed by atoms with Gasteiger partial charge in [-0.15, -0.1) is 0 Å². The second-order valence-corrected chi connectivity index (χ2v) is 4.44. The van der Waals surface area contributed by atoms with Crippen LogP contribution in [-0.2, 0) is 11.2 Å². The summed E-state index contributed by atoms with van der Waals surface area (Å²) >= 11 is 5.80. The lowest BCUT2D eigenvalue weighted by molar-refractivity contribution is -0.0250. The molecular formula is C11H16ClN3O2. The fourth-order valence-corrected chi connectivity index (χ4v) is 2.06. The summed E-state index contributed by atoms with van der Waals surface area (Å²) in [4.78, 5) is 8.26. The van der Waals surface area contributed by atoms with Gasteiger partial charge in [0, 0.05) is 38.2 Å². The van der Waals surface area contributed by atoms with Gasteiger partial charge in [-0.25, -0.2) is 9.97 Å². The van der Waals surface area contributed by atoms with E-state index in [1.807, 2.05) is 0 Å². The van der Waals surface area contributed by atoms with Crippen molar-refractivity contribution >= 4 is 11.6 Å². The zero-order valence-electron chi connectivity index (χ0n) is 9.47. The van der Waals surface area contributed by atoms with Crippen LogP contribution in [0.2, 0.25) is 5.15 Å². The highest BCUT2D eigenvalue weighted by Gasteiger charge is 2.24. The van der Waals surface area contributed by atoms with Crippen LogP contribution in [0.25, 0.3) is 0 Å². The van der Waals surface area contributed by atoms with Gasteiger partial charge in [0.15, 0.2) is 0 Å². The molecule has 2 heterocycles. The van der Waals surface area contributed by atoms with Crippen molar-refractivity contribution in [2.75, 3.05) is 26.3 Å². The van der Waals surface area contributed by atoms with Gasteiger partial charge < -0.3 is 15.2 Å². The lowest BCUT2D eigenvalue weighted by atomic mass is 9.98. The van der Waals surface area contributed by atoms with Crippen molar-refractivity contribution in [3.63, 3.8) is 0 Å². The maximum Gasteiger partial charge on any atom is 0.132 e. The summed E-state index contributed by atoms with van der Waals surface area (Å²) in [6, 6.07) is 1.64. The average Bonchev–Trinajstić information content (AvgIpc) is 2.37. The average molecular weight is 258 g/mol. The van der Waals surface area contributed by atoms with E-state index in [2.05, 4.69) is 15.3 Å². The molecule has 94 valence electrons. The number of hydrogen-bond donors (Lipinski definition) is 2. The van der Waals surface area contributed by atoms with E-state index in [4.69, 9.17) is 16.3 Å². The third-order valence-electron chi connectivity index (χ3n) is 2.83. The molecule has 1 aromatic rings. The molecule has 6 heteroatoms. The molecule has 0 aromatic carbocycles. The summed E-state index contributed by atoms with van der Waals surface area (Å²) in [6.07, 6.45) is 2.21. The van der Waals surface area contributed by atoms with Gasteiger partial charge in [-0.2, -0.15) is 0 Å². The summed E-state index contributed by atoms with van der Waals surface area (Å²) < 4.78 is 5.62. The van der Waals surface area contributed by atoms with Crippen LogP contribution < -0.4 is 5.32 Å². The number of morpholine rings is 1. The molecule has 1 aliphatic heterocycles. The zero-order valence-corrected chi connectivity index (χ0v) is 10.2. The van der Waals surface area contributed by atoms with E-state index < -0.39 is 0 Å². The monoisotopic (exact) mass is 257 g/mol. The summed E-state index contributed by atoms with van der Waals surface area (Å²) in [5, 5.41) is 13.1. The normalized spacial score (nSPS) is 22.4. The molecule has 0 amide bonds. The molecule has 0 saturated carbocycles. The van der Waals surface area contributed by atoms with Crippen LogP contribution in [0.15, 0.2) is 12.3 Å². The van der Waals surface area contributed by atoms with Gasteiger partial charge in [-0.1, -0.05) is 11.6 Å². The van der Waals surface area contributed by atoms with E-state index in [9.17, 15) is 5.11 Å². The van der Waals surface area contributed by atoms with Crippen molar-refractivity contribution in [1.29, 1.82) is 0 Å². The van der Waals surface area contributed by atoms with Gasteiger partial charge in [0.05, 0.1) is 12.7 Å². The Labute approximate surface area is 105 Å². The second-order valence-electron chi connectivity index (χ2n) is 4.06. The number of nitrogens with zero attached hydrogens (tertiary/aromatic N) is 2. The summed E-state index contributed by atoms with van der Waals surface area (Å²) in [5.74, 6) is 0.645. The molecule has 0 radical (unpaired) electrons. The van der Waals surface area contributed by atoms with Crippen molar-refractivity contribution < 1.29 is 9.84 Å². The van der Waals surface area contributed by atoms with Crippen LogP contribution in [0.3, 0.4) is 0 Å². The van der Waals surface area contributed by atoms with Crippen LogP contribution in [0.5, 0.6) is 0 Å². The van der Waals surface area contributed by atoms with Crippen molar-refractivity contribution in [3.8, 4) is 0 Å². The maximum absolute atomic E-state index is 9.41. The van der Waals surface area contributed by atoms with Crippen LogP contribution in [0.1, 0.15) is 5.82 Å². The first-order valence-corrected chi connectivity index (χ1v) is 6.08. The fourth-order valence-electron chi connectivity index (χ4n) is 1.91. The van der Waals surface area contributed by atoms with Crippen LogP contribution in [-0.4, -0.2) is 47.5 Å². The summed E-state index contributed by atoms with van der Waals surface area (Å²) in [6.45, 7) is 2.36. The quantitative estimate of drug-likeness (QED) is 0.758. The number of nitrogens with one attached hydrogen (secondary N) is 1. The molecule has 2 rings (SSSR count). The zero-order chi connectivity index (χ0) is 12.1. The molecule has 0 spiro atoms. The van der Waals surface area contributed by atoms with E-state index in [0.717, 1.165) is 13.1 Å². The molecular weight excluding hydrogens is 242 g/mol. The number of aromatic nitrogens is 2. The van der Waals surface area contributed by atoms with Gasteiger partial charge in [-0.05, 0) is 6.07 Å². The lowest BCUT2D eigenvalue weighted by Gasteiger charge is -2.29. The van der Waals surface area contributed by atoms with Crippen LogP contribution in [0, 0.1) is 5.92 Å².